The number of rotatable bonds is 6. The summed E-state index contributed by atoms with van der Waals surface area (Å²) in [5.74, 6) is 0.369. The van der Waals surface area contributed by atoms with E-state index in [2.05, 4.69) is 11.4 Å². The Kier molecular flexibility index (Phi) is 7.98. The van der Waals surface area contributed by atoms with Crippen LogP contribution in [0.3, 0.4) is 0 Å². The summed E-state index contributed by atoms with van der Waals surface area (Å²) in [6, 6.07) is 14.2. The largest absolute Gasteiger partial charge is 0.491 e. The first-order valence-corrected chi connectivity index (χ1v) is 13.5. The van der Waals surface area contributed by atoms with Gasteiger partial charge in [0.2, 0.25) is 5.91 Å². The Morgan fingerprint density at radius 3 is 2.61 bits per heavy atom. The second-order valence-electron chi connectivity index (χ2n) is 9.95. The second-order valence-corrected chi connectivity index (χ2v) is 11.8. The fourth-order valence-electron chi connectivity index (χ4n) is 4.37. The number of carbonyl (C=O) groups excluding carboxylic acids is 2. The van der Waals surface area contributed by atoms with Crippen molar-refractivity contribution in [3.63, 3.8) is 0 Å². The number of hydrogen-bond donors (Lipinski definition) is 0. The van der Waals surface area contributed by atoms with Crippen molar-refractivity contribution in [3.05, 3.63) is 85.5 Å². The van der Waals surface area contributed by atoms with Crippen molar-refractivity contribution in [3.8, 4) is 5.75 Å². The third kappa shape index (κ3) is 5.88. The molecule has 0 bridgehead atoms. The Bertz CT molecular complexity index is 1270. The summed E-state index contributed by atoms with van der Waals surface area (Å²) >= 11 is 14.0. The zero-order valence-corrected chi connectivity index (χ0v) is 23.2. The Morgan fingerprint density at radius 2 is 1.92 bits per heavy atom. The molecule has 2 heterocycles. The molecular weight excluding hydrogens is 515 g/mol. The lowest BCUT2D eigenvalue weighted by molar-refractivity contribution is -0.136. The lowest BCUT2D eigenvalue weighted by Crippen LogP contribution is -2.53. The molecule has 0 saturated heterocycles. The van der Waals surface area contributed by atoms with Crippen LogP contribution in [0, 0.1) is 6.92 Å². The average molecular weight is 546 g/mol. The molecule has 190 valence electrons. The van der Waals surface area contributed by atoms with Gasteiger partial charge in [-0.2, -0.15) is 0 Å². The molecule has 0 saturated carbocycles. The maximum Gasteiger partial charge on any atom is 0.254 e. The van der Waals surface area contributed by atoms with Gasteiger partial charge in [0.25, 0.3) is 5.91 Å². The van der Waals surface area contributed by atoms with Crippen molar-refractivity contribution < 1.29 is 14.3 Å². The molecule has 0 fully saturated rings. The van der Waals surface area contributed by atoms with Gasteiger partial charge >= 0.3 is 0 Å². The molecule has 1 aliphatic heterocycles. The Balaban J connectivity index is 1.57. The lowest BCUT2D eigenvalue weighted by Gasteiger charge is -2.40. The number of fused-ring (bicyclic) bond motifs is 1. The van der Waals surface area contributed by atoms with Gasteiger partial charge in [-0.05, 0) is 93.1 Å². The first-order chi connectivity index (χ1) is 17.0. The van der Waals surface area contributed by atoms with Crippen LogP contribution < -0.4 is 4.74 Å². The van der Waals surface area contributed by atoms with E-state index in [1.807, 2.05) is 50.8 Å². The fraction of sp³-hybridized carbons (Fsp3) is 0.357. The molecule has 1 aliphatic rings. The number of carbonyl (C=O) groups is 2. The van der Waals surface area contributed by atoms with Gasteiger partial charge in [0, 0.05) is 32.6 Å². The quantitative estimate of drug-likeness (QED) is 0.342. The normalized spacial score (nSPS) is 15.4. The molecule has 0 radical (unpaired) electrons. The Morgan fingerprint density at radius 1 is 1.14 bits per heavy atom. The van der Waals surface area contributed by atoms with Crippen LogP contribution in [0.1, 0.15) is 53.2 Å². The molecule has 4 rings (SSSR count). The van der Waals surface area contributed by atoms with E-state index in [1.54, 1.807) is 40.5 Å². The summed E-state index contributed by atoms with van der Waals surface area (Å²) in [7, 11) is 0. The third-order valence-electron chi connectivity index (χ3n) is 6.37. The van der Waals surface area contributed by atoms with E-state index in [0.29, 0.717) is 34.5 Å². The summed E-state index contributed by atoms with van der Waals surface area (Å²) in [4.78, 5) is 31.9. The molecule has 3 aromatic rings. The van der Waals surface area contributed by atoms with Crippen molar-refractivity contribution in [1.29, 1.82) is 0 Å². The summed E-state index contributed by atoms with van der Waals surface area (Å²) in [5.41, 5.74) is 1.93. The number of thiophene rings is 1. The number of halogens is 2. The summed E-state index contributed by atoms with van der Waals surface area (Å²) in [6.45, 7) is 8.57. The molecule has 8 heteroatoms. The van der Waals surface area contributed by atoms with Gasteiger partial charge in [-0.15, -0.1) is 11.3 Å². The molecule has 1 atom stereocenters. The summed E-state index contributed by atoms with van der Waals surface area (Å²) in [5, 5.41) is 3.22. The van der Waals surface area contributed by atoms with Crippen LogP contribution in [0.4, 0.5) is 0 Å². The van der Waals surface area contributed by atoms with Gasteiger partial charge < -0.3 is 14.5 Å². The fourth-order valence-corrected chi connectivity index (χ4v) is 5.61. The summed E-state index contributed by atoms with van der Waals surface area (Å²) < 4.78 is 6.15. The number of aryl methyl sites for hydroxylation is 1. The minimum absolute atomic E-state index is 0.0368. The molecule has 0 spiro atoms. The maximum atomic E-state index is 13.7. The third-order valence-corrected chi connectivity index (χ3v) is 8.03. The van der Waals surface area contributed by atoms with Crippen LogP contribution in [-0.2, 0) is 11.2 Å². The molecule has 2 amide bonds. The molecule has 0 aliphatic carbocycles. The average Bonchev–Trinajstić information content (AvgIpc) is 3.31. The Labute approximate surface area is 226 Å². The van der Waals surface area contributed by atoms with Gasteiger partial charge in [0.1, 0.15) is 18.9 Å². The first-order valence-electron chi connectivity index (χ1n) is 11.9. The molecule has 5 nitrogen and oxygen atoms in total. The molecule has 36 heavy (non-hydrogen) atoms. The van der Waals surface area contributed by atoms with Crippen LogP contribution in [-0.4, -0.2) is 46.8 Å². The predicted octanol–water partition coefficient (Wildman–Crippen LogP) is 6.81. The van der Waals surface area contributed by atoms with Crippen molar-refractivity contribution in [2.75, 3.05) is 19.7 Å². The van der Waals surface area contributed by atoms with Crippen LogP contribution in [0.5, 0.6) is 5.75 Å². The number of hydrogen-bond acceptors (Lipinski definition) is 4. The Hall–Kier alpha value is -2.54. The van der Waals surface area contributed by atoms with Crippen molar-refractivity contribution in [2.24, 2.45) is 0 Å². The van der Waals surface area contributed by atoms with Gasteiger partial charge in [0.15, 0.2) is 0 Å². The van der Waals surface area contributed by atoms with E-state index >= 15 is 0 Å². The van der Waals surface area contributed by atoms with Crippen molar-refractivity contribution >= 4 is 46.4 Å². The van der Waals surface area contributed by atoms with Crippen LogP contribution >= 0.6 is 34.5 Å². The highest BCUT2D eigenvalue weighted by Gasteiger charge is 2.36. The zero-order valence-electron chi connectivity index (χ0n) is 20.9. The zero-order chi connectivity index (χ0) is 26.0. The van der Waals surface area contributed by atoms with Gasteiger partial charge in [-0.3, -0.25) is 9.59 Å². The smallest absolute Gasteiger partial charge is 0.254 e. The molecule has 1 aromatic heterocycles. The monoisotopic (exact) mass is 544 g/mol. The molecule has 2 aromatic carbocycles. The van der Waals surface area contributed by atoms with E-state index in [0.717, 1.165) is 17.5 Å². The van der Waals surface area contributed by atoms with Crippen LogP contribution in [0.25, 0.3) is 0 Å². The number of nitrogens with zero attached hydrogens (tertiary/aromatic N) is 2. The van der Waals surface area contributed by atoms with Gasteiger partial charge in [0.05, 0.1) is 6.04 Å². The van der Waals surface area contributed by atoms with Crippen LogP contribution in [0.2, 0.25) is 10.0 Å². The van der Waals surface area contributed by atoms with Crippen molar-refractivity contribution in [2.45, 2.75) is 45.7 Å². The summed E-state index contributed by atoms with van der Waals surface area (Å²) in [6.07, 6.45) is 0.785. The van der Waals surface area contributed by atoms with Gasteiger partial charge in [-0.1, -0.05) is 29.3 Å². The molecule has 0 unspecified atom stereocenters. The predicted molar refractivity (Wildman–Crippen MR) is 146 cm³/mol. The number of benzene rings is 2. The highest BCUT2D eigenvalue weighted by atomic mass is 35.5. The molecule has 0 N–H and O–H groups in total. The van der Waals surface area contributed by atoms with Crippen LogP contribution in [0.15, 0.2) is 53.9 Å². The minimum atomic E-state index is -0.564. The van der Waals surface area contributed by atoms with E-state index < -0.39 is 5.54 Å². The SMILES string of the molecule is Cc1cc(OC[C@@H]2c3ccsc3CCN2C(=O)CN(C(=O)c2cccc(Cl)c2)C(C)(C)C)ccc1Cl. The minimum Gasteiger partial charge on any atom is -0.491 e. The lowest BCUT2D eigenvalue weighted by atomic mass is 9.99. The highest BCUT2D eigenvalue weighted by Crippen LogP contribution is 2.34. The van der Waals surface area contributed by atoms with E-state index in [1.165, 1.54) is 4.88 Å². The second kappa shape index (κ2) is 10.8. The first kappa shape index (κ1) is 26.5. The van der Waals surface area contributed by atoms with Gasteiger partial charge in [-0.25, -0.2) is 0 Å². The number of amides is 2. The maximum absolute atomic E-state index is 13.7. The van der Waals surface area contributed by atoms with E-state index in [9.17, 15) is 9.59 Å². The van der Waals surface area contributed by atoms with Crippen molar-refractivity contribution in [1.82, 2.24) is 9.80 Å². The molecular formula is C28H30Cl2N2O3S. The van der Waals surface area contributed by atoms with E-state index in [-0.39, 0.29) is 24.4 Å². The highest BCUT2D eigenvalue weighted by molar-refractivity contribution is 7.10. The standard InChI is InChI=1S/C28H30Cl2N2O3S/c1-18-14-21(8-9-23(18)30)35-17-24-22-11-13-36-25(22)10-12-31(24)26(33)16-32(28(2,3)4)27(34)19-6-5-7-20(29)15-19/h5-9,11,13-15,24H,10,12,16-17H2,1-4H3/t24-/m1/s1. The van der Waals surface area contributed by atoms with E-state index in [4.69, 9.17) is 27.9 Å². The number of ether oxygens (including phenoxy) is 1. The topological polar surface area (TPSA) is 49.9 Å².